The minimum absolute atomic E-state index is 0.135. The van der Waals surface area contributed by atoms with Gasteiger partial charge in [-0.2, -0.15) is 0 Å². The van der Waals surface area contributed by atoms with E-state index in [9.17, 15) is 13.2 Å². The maximum Gasteiger partial charge on any atom is 0.257 e. The number of amides is 1. The monoisotopic (exact) mass is 429 g/mol. The molecule has 0 bridgehead atoms. The van der Waals surface area contributed by atoms with Crippen molar-refractivity contribution >= 4 is 32.4 Å². The average molecular weight is 430 g/mol. The molecule has 2 aromatic carbocycles. The summed E-state index contributed by atoms with van der Waals surface area (Å²) in [5, 5.41) is 5.13. The van der Waals surface area contributed by atoms with E-state index in [1.807, 2.05) is 17.5 Å². The van der Waals surface area contributed by atoms with Crippen LogP contribution in [0.3, 0.4) is 0 Å². The van der Waals surface area contributed by atoms with Crippen LogP contribution in [-0.2, 0) is 16.4 Å². The van der Waals surface area contributed by atoms with Crippen LogP contribution in [0.1, 0.15) is 15.9 Å². The Bertz CT molecular complexity index is 1170. The highest BCUT2D eigenvalue weighted by atomic mass is 32.2. The van der Waals surface area contributed by atoms with Gasteiger partial charge in [0.1, 0.15) is 5.75 Å². The molecule has 0 fully saturated rings. The van der Waals surface area contributed by atoms with Crippen LogP contribution >= 0.6 is 11.3 Å². The third kappa shape index (κ3) is 3.89. The summed E-state index contributed by atoms with van der Waals surface area (Å²) in [5.41, 5.74) is 3.28. The van der Waals surface area contributed by atoms with Gasteiger partial charge in [0.2, 0.25) is 10.0 Å². The molecule has 2 heterocycles. The lowest BCUT2D eigenvalue weighted by Gasteiger charge is -2.11. The lowest BCUT2D eigenvalue weighted by molar-refractivity contribution is 0.102. The number of benzene rings is 2. The quantitative estimate of drug-likeness (QED) is 0.673. The second-order valence-corrected chi connectivity index (χ2v) is 9.73. The molecule has 9 heteroatoms. The first-order chi connectivity index (χ1) is 13.8. The van der Waals surface area contributed by atoms with Crippen molar-refractivity contribution in [2.24, 2.45) is 0 Å². The normalized spacial score (nSPS) is 13.2. The first kappa shape index (κ1) is 19.6. The molecular weight excluding hydrogens is 410 g/mol. The highest BCUT2D eigenvalue weighted by Crippen LogP contribution is 2.32. The maximum atomic E-state index is 12.5. The molecule has 0 radical (unpaired) electrons. The molecular formula is C20H19N3O4S2. The van der Waals surface area contributed by atoms with Crippen molar-refractivity contribution in [2.45, 2.75) is 11.3 Å². The number of rotatable bonds is 5. The second-order valence-electron chi connectivity index (χ2n) is 6.72. The number of hydrogen-bond acceptors (Lipinski definition) is 6. The SMILES string of the molecule is CN(C)S(=O)(=O)c1ccc(C(=O)Nc2nc(-c3ccc4c(c3)CCO4)cs2)cc1. The summed E-state index contributed by atoms with van der Waals surface area (Å²) in [6, 6.07) is 11.8. The number of carbonyl (C=O) groups is 1. The smallest absolute Gasteiger partial charge is 0.257 e. The van der Waals surface area contributed by atoms with E-state index in [1.54, 1.807) is 0 Å². The standard InChI is InChI=1S/C20H19N3O4S2/c1-23(2)29(25,26)16-6-3-13(4-7-16)19(24)22-20-21-17(12-28-20)14-5-8-18-15(11-14)9-10-27-18/h3-8,11-12H,9-10H2,1-2H3,(H,21,22,24). The van der Waals surface area contributed by atoms with Gasteiger partial charge < -0.3 is 4.74 Å². The number of aromatic nitrogens is 1. The topological polar surface area (TPSA) is 88.6 Å². The highest BCUT2D eigenvalue weighted by molar-refractivity contribution is 7.89. The van der Waals surface area contributed by atoms with Crippen LogP contribution in [0.5, 0.6) is 5.75 Å². The Hall–Kier alpha value is -2.75. The molecule has 1 aliphatic heterocycles. The lowest BCUT2D eigenvalue weighted by atomic mass is 10.1. The van der Waals surface area contributed by atoms with Gasteiger partial charge in [0, 0.05) is 37.0 Å². The van der Waals surface area contributed by atoms with Crippen molar-refractivity contribution in [1.29, 1.82) is 0 Å². The largest absolute Gasteiger partial charge is 0.493 e. The average Bonchev–Trinajstić information content (AvgIpc) is 3.36. The van der Waals surface area contributed by atoms with Gasteiger partial charge in [-0.15, -0.1) is 11.3 Å². The van der Waals surface area contributed by atoms with Crippen LogP contribution in [0.2, 0.25) is 0 Å². The Morgan fingerprint density at radius 3 is 2.66 bits per heavy atom. The van der Waals surface area contributed by atoms with Crippen molar-refractivity contribution in [3.8, 4) is 17.0 Å². The number of thiazole rings is 1. The number of hydrogen-bond donors (Lipinski definition) is 1. The van der Waals surface area contributed by atoms with Crippen molar-refractivity contribution in [2.75, 3.05) is 26.0 Å². The number of sulfonamides is 1. The molecule has 0 atom stereocenters. The van der Waals surface area contributed by atoms with Crippen LogP contribution in [0.25, 0.3) is 11.3 Å². The minimum Gasteiger partial charge on any atom is -0.493 e. The zero-order valence-corrected chi connectivity index (χ0v) is 17.5. The number of ether oxygens (including phenoxy) is 1. The summed E-state index contributed by atoms with van der Waals surface area (Å²) in [7, 11) is -0.603. The number of nitrogens with zero attached hydrogens (tertiary/aromatic N) is 2. The van der Waals surface area contributed by atoms with E-state index in [4.69, 9.17) is 4.74 Å². The van der Waals surface area contributed by atoms with Gasteiger partial charge >= 0.3 is 0 Å². The number of nitrogens with one attached hydrogen (secondary N) is 1. The molecule has 1 aromatic heterocycles. The second kappa shape index (κ2) is 7.58. The summed E-state index contributed by atoms with van der Waals surface area (Å²) >= 11 is 1.34. The Morgan fingerprint density at radius 2 is 1.93 bits per heavy atom. The van der Waals surface area contributed by atoms with Gasteiger partial charge in [-0.25, -0.2) is 17.7 Å². The van der Waals surface area contributed by atoms with Crippen LogP contribution in [-0.4, -0.2) is 44.3 Å². The minimum atomic E-state index is -3.53. The van der Waals surface area contributed by atoms with E-state index in [-0.39, 0.29) is 10.8 Å². The van der Waals surface area contributed by atoms with E-state index < -0.39 is 10.0 Å². The molecule has 0 spiro atoms. The summed E-state index contributed by atoms with van der Waals surface area (Å²) < 4.78 is 30.9. The van der Waals surface area contributed by atoms with Crippen LogP contribution < -0.4 is 10.1 Å². The van der Waals surface area contributed by atoms with Gasteiger partial charge in [-0.1, -0.05) is 0 Å². The molecule has 0 aliphatic carbocycles. The van der Waals surface area contributed by atoms with Crippen LogP contribution in [0.15, 0.2) is 52.7 Å². The van der Waals surface area contributed by atoms with Crippen molar-refractivity contribution in [1.82, 2.24) is 9.29 Å². The summed E-state index contributed by atoms with van der Waals surface area (Å²) in [6.45, 7) is 0.700. The van der Waals surface area contributed by atoms with Gasteiger partial charge in [-0.05, 0) is 48.0 Å². The summed E-state index contributed by atoms with van der Waals surface area (Å²) in [6.07, 6.45) is 0.885. The zero-order valence-electron chi connectivity index (χ0n) is 15.9. The summed E-state index contributed by atoms with van der Waals surface area (Å²) in [4.78, 5) is 17.1. The molecule has 0 saturated carbocycles. The fourth-order valence-electron chi connectivity index (χ4n) is 2.97. The van der Waals surface area contributed by atoms with Gasteiger partial charge in [-0.3, -0.25) is 10.1 Å². The molecule has 0 unspecified atom stereocenters. The van der Waals surface area contributed by atoms with Crippen molar-refractivity contribution in [3.63, 3.8) is 0 Å². The molecule has 1 aliphatic rings. The molecule has 1 amide bonds. The van der Waals surface area contributed by atoms with Gasteiger partial charge in [0.25, 0.3) is 5.91 Å². The van der Waals surface area contributed by atoms with Crippen LogP contribution in [0.4, 0.5) is 5.13 Å². The van der Waals surface area contributed by atoms with Crippen LogP contribution in [0, 0.1) is 0 Å². The van der Waals surface area contributed by atoms with E-state index in [1.165, 1.54) is 49.7 Å². The van der Waals surface area contributed by atoms with Crippen molar-refractivity contribution in [3.05, 3.63) is 59.0 Å². The fraction of sp³-hybridized carbons (Fsp3) is 0.200. The third-order valence-corrected chi connectivity index (χ3v) is 7.19. The Balaban J connectivity index is 1.48. The highest BCUT2D eigenvalue weighted by Gasteiger charge is 2.18. The Morgan fingerprint density at radius 1 is 1.17 bits per heavy atom. The van der Waals surface area contributed by atoms with Gasteiger partial charge in [0.15, 0.2) is 5.13 Å². The Labute approximate surface area is 173 Å². The predicted octanol–water partition coefficient (Wildman–Crippen LogP) is 3.25. The molecule has 4 rings (SSSR count). The first-order valence-electron chi connectivity index (χ1n) is 8.90. The zero-order chi connectivity index (χ0) is 20.6. The van der Waals surface area contributed by atoms with Crippen molar-refractivity contribution < 1.29 is 17.9 Å². The van der Waals surface area contributed by atoms with E-state index in [0.29, 0.717) is 17.3 Å². The summed E-state index contributed by atoms with van der Waals surface area (Å²) in [5.74, 6) is 0.569. The van der Waals surface area contributed by atoms with Gasteiger partial charge in [0.05, 0.1) is 17.2 Å². The van der Waals surface area contributed by atoms with E-state index in [2.05, 4.69) is 16.4 Å². The predicted molar refractivity (Wildman–Crippen MR) is 112 cm³/mol. The first-order valence-corrected chi connectivity index (χ1v) is 11.2. The van der Waals surface area contributed by atoms with E-state index >= 15 is 0 Å². The molecule has 1 N–H and O–H groups in total. The molecule has 0 saturated heterocycles. The molecule has 3 aromatic rings. The molecule has 29 heavy (non-hydrogen) atoms. The number of anilines is 1. The third-order valence-electron chi connectivity index (χ3n) is 4.60. The maximum absolute atomic E-state index is 12.5. The Kier molecular flexibility index (Phi) is 5.12. The molecule has 7 nitrogen and oxygen atoms in total. The number of fused-ring (bicyclic) bond motifs is 1. The lowest BCUT2D eigenvalue weighted by Crippen LogP contribution is -2.22. The fourth-order valence-corrected chi connectivity index (χ4v) is 4.58. The molecule has 150 valence electrons. The number of carbonyl (C=O) groups excluding carboxylic acids is 1. The van der Waals surface area contributed by atoms with E-state index in [0.717, 1.165) is 33.3 Å².